The molecule has 0 amide bonds. The zero-order valence-electron chi connectivity index (χ0n) is 7.42. The van der Waals surface area contributed by atoms with Crippen LogP contribution in [0.15, 0.2) is 18.2 Å². The standard InChI is InChI=1S/C10H8F2O2/c1-6-2-3-7(4-5-8(13)14)10(12)9(6)11/h2-5H,1H3,(H,13,14)/b5-4+. The Balaban J connectivity index is 3.12. The molecule has 0 aromatic heterocycles. The van der Waals surface area contributed by atoms with Crippen molar-refractivity contribution in [2.45, 2.75) is 6.92 Å². The van der Waals surface area contributed by atoms with E-state index in [2.05, 4.69) is 0 Å². The van der Waals surface area contributed by atoms with Gasteiger partial charge in [0.25, 0.3) is 0 Å². The molecule has 0 heterocycles. The molecule has 4 heteroatoms. The number of aryl methyl sites for hydroxylation is 1. The van der Waals surface area contributed by atoms with Gasteiger partial charge in [0.05, 0.1) is 0 Å². The number of carboxylic acids is 1. The van der Waals surface area contributed by atoms with Gasteiger partial charge in [0.2, 0.25) is 0 Å². The Kier molecular flexibility index (Phi) is 2.96. The van der Waals surface area contributed by atoms with E-state index in [9.17, 15) is 13.6 Å². The van der Waals surface area contributed by atoms with Gasteiger partial charge < -0.3 is 5.11 Å². The third-order valence-electron chi connectivity index (χ3n) is 1.71. The zero-order chi connectivity index (χ0) is 10.7. The number of carboxylic acid groups (broad SMARTS) is 1. The van der Waals surface area contributed by atoms with Gasteiger partial charge in [-0.2, -0.15) is 0 Å². The van der Waals surface area contributed by atoms with Gasteiger partial charge in [-0.15, -0.1) is 0 Å². The van der Waals surface area contributed by atoms with E-state index in [1.807, 2.05) is 0 Å². The van der Waals surface area contributed by atoms with Crippen LogP contribution in [0.5, 0.6) is 0 Å². The number of aliphatic carboxylic acids is 1. The molecule has 74 valence electrons. The average molecular weight is 198 g/mol. The second-order valence-corrected chi connectivity index (χ2v) is 2.77. The molecule has 0 aliphatic heterocycles. The van der Waals surface area contributed by atoms with E-state index in [4.69, 9.17) is 5.11 Å². The minimum absolute atomic E-state index is 0.0736. The second-order valence-electron chi connectivity index (χ2n) is 2.77. The first kappa shape index (κ1) is 10.4. The lowest BCUT2D eigenvalue weighted by Crippen LogP contribution is -1.93. The summed E-state index contributed by atoms with van der Waals surface area (Å²) >= 11 is 0. The van der Waals surface area contributed by atoms with Gasteiger partial charge in [0.15, 0.2) is 11.6 Å². The van der Waals surface area contributed by atoms with E-state index in [0.29, 0.717) is 0 Å². The van der Waals surface area contributed by atoms with Crippen LogP contribution >= 0.6 is 0 Å². The summed E-state index contributed by atoms with van der Waals surface area (Å²) in [5, 5.41) is 8.29. The summed E-state index contributed by atoms with van der Waals surface area (Å²) in [6.07, 6.45) is 1.77. The van der Waals surface area contributed by atoms with Crippen LogP contribution in [-0.4, -0.2) is 11.1 Å². The largest absolute Gasteiger partial charge is 0.478 e. The molecule has 0 fully saturated rings. The molecule has 0 unspecified atom stereocenters. The number of halogens is 2. The molecular weight excluding hydrogens is 190 g/mol. The highest BCUT2D eigenvalue weighted by molar-refractivity contribution is 5.85. The normalized spacial score (nSPS) is 10.8. The Bertz CT molecular complexity index is 397. The van der Waals surface area contributed by atoms with Crippen molar-refractivity contribution in [3.8, 4) is 0 Å². The van der Waals surface area contributed by atoms with E-state index < -0.39 is 17.6 Å². The lowest BCUT2D eigenvalue weighted by atomic mass is 10.1. The molecule has 0 radical (unpaired) electrons. The summed E-state index contributed by atoms with van der Waals surface area (Å²) in [5.74, 6) is -3.18. The fraction of sp³-hybridized carbons (Fsp3) is 0.100. The first-order valence-electron chi connectivity index (χ1n) is 3.88. The molecule has 0 aliphatic carbocycles. The fourth-order valence-electron chi connectivity index (χ4n) is 0.951. The molecule has 1 N–H and O–H groups in total. The molecule has 0 aliphatic rings. The maximum atomic E-state index is 13.1. The van der Waals surface area contributed by atoms with Crippen LogP contribution < -0.4 is 0 Å². The lowest BCUT2D eigenvalue weighted by Gasteiger charge is -2.00. The lowest BCUT2D eigenvalue weighted by molar-refractivity contribution is -0.131. The third kappa shape index (κ3) is 2.16. The van der Waals surface area contributed by atoms with Gasteiger partial charge >= 0.3 is 5.97 Å². The summed E-state index contributed by atoms with van der Waals surface area (Å²) in [7, 11) is 0. The summed E-state index contributed by atoms with van der Waals surface area (Å²) in [6, 6.07) is 2.72. The zero-order valence-corrected chi connectivity index (χ0v) is 7.42. The first-order valence-corrected chi connectivity index (χ1v) is 3.88. The van der Waals surface area contributed by atoms with Crippen LogP contribution in [0, 0.1) is 18.6 Å². The van der Waals surface area contributed by atoms with Gasteiger partial charge in [0.1, 0.15) is 0 Å². The Morgan fingerprint density at radius 1 is 1.36 bits per heavy atom. The number of hydrogen-bond donors (Lipinski definition) is 1. The van der Waals surface area contributed by atoms with Gasteiger partial charge in [-0.1, -0.05) is 12.1 Å². The van der Waals surface area contributed by atoms with Crippen molar-refractivity contribution >= 4 is 12.0 Å². The predicted octanol–water partition coefficient (Wildman–Crippen LogP) is 2.37. The molecule has 1 aromatic carbocycles. The second kappa shape index (κ2) is 4.00. The van der Waals surface area contributed by atoms with Gasteiger partial charge in [-0.25, -0.2) is 13.6 Å². The molecule has 14 heavy (non-hydrogen) atoms. The maximum Gasteiger partial charge on any atom is 0.328 e. The van der Waals surface area contributed by atoms with E-state index in [1.165, 1.54) is 19.1 Å². The summed E-state index contributed by atoms with van der Waals surface area (Å²) < 4.78 is 26.1. The van der Waals surface area contributed by atoms with Crippen LogP contribution in [0.1, 0.15) is 11.1 Å². The molecule has 0 saturated heterocycles. The van der Waals surface area contributed by atoms with Crippen molar-refractivity contribution in [2.75, 3.05) is 0 Å². The SMILES string of the molecule is Cc1ccc(/C=C/C(=O)O)c(F)c1F. The van der Waals surface area contributed by atoms with E-state index in [-0.39, 0.29) is 11.1 Å². The van der Waals surface area contributed by atoms with Crippen molar-refractivity contribution in [3.05, 3.63) is 41.0 Å². The van der Waals surface area contributed by atoms with Crippen molar-refractivity contribution in [2.24, 2.45) is 0 Å². The van der Waals surface area contributed by atoms with Crippen molar-refractivity contribution in [3.63, 3.8) is 0 Å². The Hall–Kier alpha value is -1.71. The minimum atomic E-state index is -1.20. The molecule has 1 aromatic rings. The minimum Gasteiger partial charge on any atom is -0.478 e. The van der Waals surface area contributed by atoms with Gasteiger partial charge in [-0.05, 0) is 18.6 Å². The Morgan fingerprint density at radius 2 is 2.00 bits per heavy atom. The van der Waals surface area contributed by atoms with Gasteiger partial charge in [-0.3, -0.25) is 0 Å². The van der Waals surface area contributed by atoms with E-state index in [0.717, 1.165) is 12.2 Å². The van der Waals surface area contributed by atoms with Crippen LogP contribution in [0.4, 0.5) is 8.78 Å². The highest BCUT2D eigenvalue weighted by atomic mass is 19.2. The van der Waals surface area contributed by atoms with Crippen molar-refractivity contribution in [1.82, 2.24) is 0 Å². The number of hydrogen-bond acceptors (Lipinski definition) is 1. The Labute approximate surface area is 79.5 Å². The average Bonchev–Trinajstić information content (AvgIpc) is 2.13. The monoisotopic (exact) mass is 198 g/mol. The quantitative estimate of drug-likeness (QED) is 0.740. The topological polar surface area (TPSA) is 37.3 Å². The first-order chi connectivity index (χ1) is 6.52. The van der Waals surface area contributed by atoms with Crippen LogP contribution in [-0.2, 0) is 4.79 Å². The molecular formula is C10H8F2O2. The van der Waals surface area contributed by atoms with Crippen LogP contribution in [0.3, 0.4) is 0 Å². The van der Waals surface area contributed by atoms with Crippen molar-refractivity contribution in [1.29, 1.82) is 0 Å². The number of rotatable bonds is 2. The third-order valence-corrected chi connectivity index (χ3v) is 1.71. The molecule has 0 bridgehead atoms. The van der Waals surface area contributed by atoms with Crippen LogP contribution in [0.2, 0.25) is 0 Å². The highest BCUT2D eigenvalue weighted by Gasteiger charge is 2.08. The van der Waals surface area contributed by atoms with Crippen LogP contribution in [0.25, 0.3) is 6.08 Å². The Morgan fingerprint density at radius 3 is 2.57 bits per heavy atom. The molecule has 0 atom stereocenters. The molecule has 0 spiro atoms. The molecule has 2 nitrogen and oxygen atoms in total. The summed E-state index contributed by atoms with van der Waals surface area (Å²) in [5.41, 5.74) is 0.116. The predicted molar refractivity (Wildman–Crippen MR) is 47.8 cm³/mol. The van der Waals surface area contributed by atoms with Crippen molar-refractivity contribution < 1.29 is 18.7 Å². The number of benzene rings is 1. The summed E-state index contributed by atoms with van der Waals surface area (Å²) in [6.45, 7) is 1.43. The number of carbonyl (C=O) groups is 1. The van der Waals surface area contributed by atoms with Gasteiger partial charge in [0, 0.05) is 11.6 Å². The fourth-order valence-corrected chi connectivity index (χ4v) is 0.951. The summed E-state index contributed by atoms with van der Waals surface area (Å²) in [4.78, 5) is 10.1. The maximum absolute atomic E-state index is 13.1. The van der Waals surface area contributed by atoms with E-state index >= 15 is 0 Å². The molecule has 1 rings (SSSR count). The highest BCUT2D eigenvalue weighted by Crippen LogP contribution is 2.16. The van der Waals surface area contributed by atoms with E-state index in [1.54, 1.807) is 0 Å². The smallest absolute Gasteiger partial charge is 0.328 e. The molecule has 0 saturated carbocycles.